The van der Waals surface area contributed by atoms with Gasteiger partial charge in [0, 0.05) is 24.5 Å². The summed E-state index contributed by atoms with van der Waals surface area (Å²) < 4.78 is 7.03. The van der Waals surface area contributed by atoms with Gasteiger partial charge in [-0.1, -0.05) is 24.3 Å². The third-order valence-electron chi connectivity index (χ3n) is 3.71. The van der Waals surface area contributed by atoms with E-state index in [1.807, 2.05) is 65.5 Å². The van der Waals surface area contributed by atoms with E-state index in [-0.39, 0.29) is 5.91 Å². The van der Waals surface area contributed by atoms with Crippen LogP contribution < -0.4 is 10.1 Å². The maximum atomic E-state index is 12.2. The number of ether oxygens (including phenoxy) is 1. The number of amides is 1. The number of benzene rings is 2. The van der Waals surface area contributed by atoms with Gasteiger partial charge < -0.3 is 10.1 Å². The summed E-state index contributed by atoms with van der Waals surface area (Å²) in [6, 6.07) is 17.1. The van der Waals surface area contributed by atoms with Crippen LogP contribution in [0.3, 0.4) is 0 Å². The van der Waals surface area contributed by atoms with E-state index in [4.69, 9.17) is 4.74 Å². The summed E-state index contributed by atoms with van der Waals surface area (Å²) in [5.41, 5.74) is 2.74. The van der Waals surface area contributed by atoms with Crippen molar-refractivity contribution in [2.75, 3.05) is 7.11 Å². The van der Waals surface area contributed by atoms with E-state index in [1.54, 1.807) is 13.3 Å². The molecule has 2 aromatic carbocycles. The molecule has 5 heteroatoms. The van der Waals surface area contributed by atoms with Crippen molar-refractivity contribution in [2.45, 2.75) is 13.1 Å². The van der Waals surface area contributed by atoms with Crippen LogP contribution in [0.2, 0.25) is 0 Å². The SMILES string of the molecule is COc1cccc(CNC(=O)c2ccc(Cn3cccn3)cc2)c1. The van der Waals surface area contributed by atoms with Crippen LogP contribution >= 0.6 is 0 Å². The topological polar surface area (TPSA) is 56.1 Å². The van der Waals surface area contributed by atoms with E-state index in [9.17, 15) is 4.79 Å². The first-order valence-corrected chi connectivity index (χ1v) is 7.72. The average Bonchev–Trinajstić information content (AvgIpc) is 3.13. The van der Waals surface area contributed by atoms with E-state index in [0.717, 1.165) is 16.9 Å². The first-order chi connectivity index (χ1) is 11.7. The Balaban J connectivity index is 1.58. The largest absolute Gasteiger partial charge is 0.497 e. The smallest absolute Gasteiger partial charge is 0.251 e. The Morgan fingerprint density at radius 1 is 1.12 bits per heavy atom. The number of nitrogens with one attached hydrogen (secondary N) is 1. The van der Waals surface area contributed by atoms with Crippen LogP contribution in [-0.2, 0) is 13.1 Å². The third kappa shape index (κ3) is 4.01. The van der Waals surface area contributed by atoms with E-state index < -0.39 is 0 Å². The zero-order valence-corrected chi connectivity index (χ0v) is 13.5. The fourth-order valence-electron chi connectivity index (χ4n) is 2.41. The fraction of sp³-hybridized carbons (Fsp3) is 0.158. The van der Waals surface area contributed by atoms with Gasteiger partial charge in [0.2, 0.25) is 0 Å². The molecule has 0 saturated carbocycles. The lowest BCUT2D eigenvalue weighted by molar-refractivity contribution is 0.0951. The van der Waals surface area contributed by atoms with Crippen molar-refractivity contribution in [1.29, 1.82) is 0 Å². The zero-order valence-electron chi connectivity index (χ0n) is 13.5. The lowest BCUT2D eigenvalue weighted by Crippen LogP contribution is -2.22. The van der Waals surface area contributed by atoms with Gasteiger partial charge in [-0.3, -0.25) is 9.48 Å². The molecule has 0 aliphatic rings. The number of methoxy groups -OCH3 is 1. The van der Waals surface area contributed by atoms with Gasteiger partial charge in [0.1, 0.15) is 5.75 Å². The van der Waals surface area contributed by atoms with Crippen molar-refractivity contribution in [3.8, 4) is 5.75 Å². The quantitative estimate of drug-likeness (QED) is 0.759. The first-order valence-electron chi connectivity index (χ1n) is 7.72. The molecule has 0 aliphatic carbocycles. The van der Waals surface area contributed by atoms with Crippen LogP contribution in [0.4, 0.5) is 0 Å². The Morgan fingerprint density at radius 2 is 1.96 bits per heavy atom. The van der Waals surface area contributed by atoms with Gasteiger partial charge in [0.25, 0.3) is 5.91 Å². The molecule has 122 valence electrons. The number of hydrogen-bond donors (Lipinski definition) is 1. The van der Waals surface area contributed by atoms with Crippen molar-refractivity contribution < 1.29 is 9.53 Å². The molecule has 0 spiro atoms. The molecule has 1 amide bonds. The highest BCUT2D eigenvalue weighted by molar-refractivity contribution is 5.94. The normalized spacial score (nSPS) is 10.4. The number of hydrogen-bond acceptors (Lipinski definition) is 3. The number of rotatable bonds is 6. The molecule has 0 aliphatic heterocycles. The van der Waals surface area contributed by atoms with Gasteiger partial charge in [-0.15, -0.1) is 0 Å². The lowest BCUT2D eigenvalue weighted by atomic mass is 10.1. The molecule has 3 rings (SSSR count). The maximum Gasteiger partial charge on any atom is 0.251 e. The van der Waals surface area contributed by atoms with Crippen LogP contribution in [-0.4, -0.2) is 22.8 Å². The average molecular weight is 321 g/mol. The van der Waals surface area contributed by atoms with Crippen molar-refractivity contribution in [3.63, 3.8) is 0 Å². The predicted molar refractivity (Wildman–Crippen MR) is 91.9 cm³/mol. The minimum absolute atomic E-state index is 0.0940. The highest BCUT2D eigenvalue weighted by atomic mass is 16.5. The molecule has 24 heavy (non-hydrogen) atoms. The molecule has 0 fully saturated rings. The Kier molecular flexibility index (Phi) is 4.91. The van der Waals surface area contributed by atoms with Crippen molar-refractivity contribution >= 4 is 5.91 Å². The molecule has 1 aromatic heterocycles. The zero-order chi connectivity index (χ0) is 16.8. The van der Waals surface area contributed by atoms with Crippen LogP contribution in [0.1, 0.15) is 21.5 Å². The van der Waals surface area contributed by atoms with Gasteiger partial charge >= 0.3 is 0 Å². The lowest BCUT2D eigenvalue weighted by Gasteiger charge is -2.08. The maximum absolute atomic E-state index is 12.2. The highest BCUT2D eigenvalue weighted by Crippen LogP contribution is 2.12. The van der Waals surface area contributed by atoms with Gasteiger partial charge in [-0.05, 0) is 41.5 Å². The molecule has 1 N–H and O–H groups in total. The van der Waals surface area contributed by atoms with Gasteiger partial charge in [-0.2, -0.15) is 5.10 Å². The summed E-state index contributed by atoms with van der Waals surface area (Å²) in [5.74, 6) is 0.688. The van der Waals surface area contributed by atoms with Crippen LogP contribution in [0.15, 0.2) is 67.0 Å². The van der Waals surface area contributed by atoms with Crippen LogP contribution in [0, 0.1) is 0 Å². The van der Waals surface area contributed by atoms with E-state index in [2.05, 4.69) is 10.4 Å². The second kappa shape index (κ2) is 7.46. The van der Waals surface area contributed by atoms with Gasteiger partial charge in [0.05, 0.1) is 13.7 Å². The minimum Gasteiger partial charge on any atom is -0.497 e. The summed E-state index contributed by atoms with van der Waals surface area (Å²) in [5, 5.41) is 7.09. The Hall–Kier alpha value is -3.08. The summed E-state index contributed by atoms with van der Waals surface area (Å²) in [6.07, 6.45) is 3.66. The second-order valence-corrected chi connectivity index (χ2v) is 5.43. The van der Waals surface area contributed by atoms with E-state index in [1.165, 1.54) is 0 Å². The number of carbonyl (C=O) groups excluding carboxylic acids is 1. The fourth-order valence-corrected chi connectivity index (χ4v) is 2.41. The van der Waals surface area contributed by atoms with E-state index in [0.29, 0.717) is 18.7 Å². The standard InChI is InChI=1S/C19H19N3O2/c1-24-18-5-2-4-16(12-18)13-20-19(23)17-8-6-15(7-9-17)14-22-11-3-10-21-22/h2-12H,13-14H2,1H3,(H,20,23). The van der Waals surface area contributed by atoms with Crippen LogP contribution in [0.25, 0.3) is 0 Å². The number of nitrogens with zero attached hydrogens (tertiary/aromatic N) is 2. The molecule has 5 nitrogen and oxygen atoms in total. The second-order valence-electron chi connectivity index (χ2n) is 5.43. The van der Waals surface area contributed by atoms with Gasteiger partial charge in [0.15, 0.2) is 0 Å². The predicted octanol–water partition coefficient (Wildman–Crippen LogP) is 2.87. The van der Waals surface area contributed by atoms with Gasteiger partial charge in [-0.25, -0.2) is 0 Å². The van der Waals surface area contributed by atoms with Crippen molar-refractivity contribution in [3.05, 3.63) is 83.7 Å². The molecular weight excluding hydrogens is 302 g/mol. The summed E-state index contributed by atoms with van der Waals surface area (Å²) in [6.45, 7) is 1.16. The molecule has 3 aromatic rings. The molecule has 0 atom stereocenters. The van der Waals surface area contributed by atoms with Crippen molar-refractivity contribution in [2.24, 2.45) is 0 Å². The molecule has 0 unspecified atom stereocenters. The molecular formula is C19H19N3O2. The first kappa shape index (κ1) is 15.8. The molecule has 0 saturated heterocycles. The molecule has 1 heterocycles. The van der Waals surface area contributed by atoms with Crippen molar-refractivity contribution in [1.82, 2.24) is 15.1 Å². The Labute approximate surface area is 140 Å². The summed E-state index contributed by atoms with van der Waals surface area (Å²) in [7, 11) is 1.63. The van der Waals surface area contributed by atoms with Crippen LogP contribution in [0.5, 0.6) is 5.75 Å². The summed E-state index contributed by atoms with van der Waals surface area (Å²) >= 11 is 0. The minimum atomic E-state index is -0.0940. The Morgan fingerprint density at radius 3 is 2.67 bits per heavy atom. The number of aromatic nitrogens is 2. The highest BCUT2D eigenvalue weighted by Gasteiger charge is 2.06. The van der Waals surface area contributed by atoms with E-state index >= 15 is 0 Å². The number of carbonyl (C=O) groups is 1. The Bertz CT molecular complexity index is 796. The monoisotopic (exact) mass is 321 g/mol. The summed E-state index contributed by atoms with van der Waals surface area (Å²) in [4.78, 5) is 12.2. The third-order valence-corrected chi connectivity index (χ3v) is 3.71. The molecule has 0 radical (unpaired) electrons. The molecule has 0 bridgehead atoms.